The number of benzene rings is 3. The summed E-state index contributed by atoms with van der Waals surface area (Å²) >= 11 is 0.994. The summed E-state index contributed by atoms with van der Waals surface area (Å²) in [6.45, 7) is 0. The van der Waals surface area contributed by atoms with Gasteiger partial charge in [0, 0.05) is 11.6 Å². The third-order valence-electron chi connectivity index (χ3n) is 5.61. The maximum absolute atomic E-state index is 12.8. The summed E-state index contributed by atoms with van der Waals surface area (Å²) in [6.07, 6.45) is 2.12. The van der Waals surface area contributed by atoms with Crippen LogP contribution in [0.25, 0.3) is 11.6 Å². The Morgan fingerprint density at radius 1 is 0.919 bits per heavy atom. The van der Waals surface area contributed by atoms with E-state index in [1.807, 2.05) is 18.2 Å². The van der Waals surface area contributed by atoms with Crippen LogP contribution in [0.1, 0.15) is 16.7 Å². The lowest BCUT2D eigenvalue weighted by Gasteiger charge is -2.14. The lowest BCUT2D eigenvalue weighted by molar-refractivity contribution is -0.133. The van der Waals surface area contributed by atoms with Crippen LogP contribution in [0.5, 0.6) is 23.0 Å². The van der Waals surface area contributed by atoms with Crippen LogP contribution in [0.3, 0.4) is 0 Å². The molecule has 1 unspecified atom stereocenters. The maximum atomic E-state index is 12.8. The molecule has 0 aromatic heterocycles. The normalized spacial score (nSPS) is 15.2. The van der Waals surface area contributed by atoms with Gasteiger partial charge in [-0.1, -0.05) is 42.1 Å². The standard InChI is InChI=1S/C28H25NO7S/c1-33-20-12-18(13-21(16-20)34-2)14-23(27(31)35-3)22-6-4-5-7-24(22)36-19-10-8-17(9-11-19)15-25-26(30)29-28(32)37-25/h4-14,16,25H,15H2,1-3H3,(H,29,30,32). The highest BCUT2D eigenvalue weighted by atomic mass is 32.2. The minimum atomic E-state index is -0.532. The smallest absolute Gasteiger partial charge is 0.338 e. The molecular formula is C28H25NO7S. The third-order valence-corrected chi connectivity index (χ3v) is 6.59. The molecule has 1 fully saturated rings. The van der Waals surface area contributed by atoms with Crippen molar-refractivity contribution in [1.29, 1.82) is 0 Å². The number of amides is 2. The number of nitrogens with one attached hydrogen (secondary N) is 1. The van der Waals surface area contributed by atoms with E-state index in [2.05, 4.69) is 5.32 Å². The number of hydrogen-bond donors (Lipinski definition) is 1. The Balaban J connectivity index is 1.62. The van der Waals surface area contributed by atoms with Gasteiger partial charge in [-0.3, -0.25) is 14.9 Å². The Kier molecular flexibility index (Phi) is 8.15. The van der Waals surface area contributed by atoms with Crippen LogP contribution in [0, 0.1) is 0 Å². The number of imide groups is 1. The van der Waals surface area contributed by atoms with Gasteiger partial charge >= 0.3 is 5.97 Å². The molecule has 1 aliphatic rings. The van der Waals surface area contributed by atoms with Crippen molar-refractivity contribution in [2.45, 2.75) is 11.7 Å². The van der Waals surface area contributed by atoms with E-state index in [0.29, 0.717) is 46.1 Å². The largest absolute Gasteiger partial charge is 0.497 e. The first kappa shape index (κ1) is 25.8. The van der Waals surface area contributed by atoms with Crippen LogP contribution in [0.15, 0.2) is 66.7 Å². The molecule has 0 spiro atoms. The molecule has 1 N–H and O–H groups in total. The van der Waals surface area contributed by atoms with E-state index in [0.717, 1.165) is 17.3 Å². The molecule has 0 radical (unpaired) electrons. The molecule has 9 heteroatoms. The molecule has 0 bridgehead atoms. The van der Waals surface area contributed by atoms with E-state index in [9.17, 15) is 14.4 Å². The summed E-state index contributed by atoms with van der Waals surface area (Å²) in [6, 6.07) is 19.7. The number of carbonyl (C=O) groups is 3. The number of rotatable bonds is 9. The van der Waals surface area contributed by atoms with Gasteiger partial charge in [-0.25, -0.2) is 4.79 Å². The first-order valence-corrected chi connectivity index (χ1v) is 12.2. The van der Waals surface area contributed by atoms with Gasteiger partial charge in [-0.15, -0.1) is 0 Å². The van der Waals surface area contributed by atoms with Gasteiger partial charge in [0.05, 0.1) is 32.2 Å². The number of thioether (sulfide) groups is 1. The molecule has 3 aromatic rings. The van der Waals surface area contributed by atoms with E-state index in [1.165, 1.54) is 7.11 Å². The first-order chi connectivity index (χ1) is 17.9. The highest BCUT2D eigenvalue weighted by Gasteiger charge is 2.31. The second-order valence-electron chi connectivity index (χ2n) is 8.03. The molecule has 3 aromatic carbocycles. The molecule has 1 aliphatic heterocycles. The lowest BCUT2D eigenvalue weighted by atomic mass is 10.0. The van der Waals surface area contributed by atoms with Gasteiger partial charge < -0.3 is 18.9 Å². The van der Waals surface area contributed by atoms with E-state index in [4.69, 9.17) is 18.9 Å². The molecular weight excluding hydrogens is 494 g/mol. The fraction of sp³-hybridized carbons (Fsp3) is 0.179. The monoisotopic (exact) mass is 519 g/mol. The van der Waals surface area contributed by atoms with Crippen molar-refractivity contribution in [3.8, 4) is 23.0 Å². The molecule has 1 saturated heterocycles. The number of para-hydroxylation sites is 1. The van der Waals surface area contributed by atoms with Gasteiger partial charge in [0.2, 0.25) is 5.91 Å². The van der Waals surface area contributed by atoms with Crippen LogP contribution < -0.4 is 19.5 Å². The van der Waals surface area contributed by atoms with Crippen LogP contribution in [0.2, 0.25) is 0 Å². The first-order valence-electron chi connectivity index (χ1n) is 11.3. The molecule has 0 saturated carbocycles. The molecule has 190 valence electrons. The second-order valence-corrected chi connectivity index (χ2v) is 9.20. The van der Waals surface area contributed by atoms with Gasteiger partial charge in [0.15, 0.2) is 0 Å². The number of esters is 1. The fourth-order valence-electron chi connectivity index (χ4n) is 3.78. The van der Waals surface area contributed by atoms with Gasteiger partial charge in [0.1, 0.15) is 23.0 Å². The summed E-state index contributed by atoms with van der Waals surface area (Å²) in [7, 11) is 4.43. The van der Waals surface area contributed by atoms with Crippen LogP contribution in [-0.4, -0.2) is 43.7 Å². The molecule has 2 amide bonds. The van der Waals surface area contributed by atoms with Crippen molar-refractivity contribution in [2.75, 3.05) is 21.3 Å². The van der Waals surface area contributed by atoms with Crippen molar-refractivity contribution in [2.24, 2.45) is 0 Å². The molecule has 37 heavy (non-hydrogen) atoms. The number of methoxy groups -OCH3 is 3. The molecule has 1 atom stereocenters. The zero-order valence-electron chi connectivity index (χ0n) is 20.5. The van der Waals surface area contributed by atoms with E-state index in [-0.39, 0.29) is 11.1 Å². The predicted octanol–water partition coefficient (Wildman–Crippen LogP) is 5.10. The zero-order valence-corrected chi connectivity index (χ0v) is 21.3. The number of hydrogen-bond acceptors (Lipinski definition) is 8. The molecule has 4 rings (SSSR count). The van der Waals surface area contributed by atoms with Crippen molar-refractivity contribution < 1.29 is 33.3 Å². The maximum Gasteiger partial charge on any atom is 0.338 e. The van der Waals surface area contributed by atoms with E-state index < -0.39 is 11.2 Å². The molecule has 8 nitrogen and oxygen atoms in total. The average molecular weight is 520 g/mol. The average Bonchev–Trinajstić information content (AvgIpc) is 3.24. The Morgan fingerprint density at radius 2 is 1.59 bits per heavy atom. The van der Waals surface area contributed by atoms with Gasteiger partial charge in [0.25, 0.3) is 5.24 Å². The SMILES string of the molecule is COC(=O)C(=Cc1cc(OC)cc(OC)c1)c1ccccc1Oc1ccc(CC2SC(=O)NC2=O)cc1. The summed E-state index contributed by atoms with van der Waals surface area (Å²) in [5, 5.41) is 1.53. The van der Waals surface area contributed by atoms with E-state index >= 15 is 0 Å². The Hall–Kier alpha value is -4.24. The minimum Gasteiger partial charge on any atom is -0.497 e. The Morgan fingerprint density at radius 3 is 2.19 bits per heavy atom. The number of carbonyl (C=O) groups excluding carboxylic acids is 3. The summed E-state index contributed by atoms with van der Waals surface area (Å²) in [5.74, 6) is 1.35. The highest BCUT2D eigenvalue weighted by Crippen LogP contribution is 2.34. The Labute approximate surface area is 218 Å². The summed E-state index contributed by atoms with van der Waals surface area (Å²) in [5.41, 5.74) is 2.41. The Bertz CT molecular complexity index is 1330. The molecule has 1 heterocycles. The van der Waals surface area contributed by atoms with Gasteiger partial charge in [-0.2, -0.15) is 0 Å². The highest BCUT2D eigenvalue weighted by molar-refractivity contribution is 8.15. The minimum absolute atomic E-state index is 0.278. The fourth-order valence-corrected chi connectivity index (χ4v) is 4.64. The lowest BCUT2D eigenvalue weighted by Crippen LogP contribution is -2.25. The topological polar surface area (TPSA) is 100 Å². The van der Waals surface area contributed by atoms with Crippen LogP contribution >= 0.6 is 11.8 Å². The third kappa shape index (κ3) is 6.31. The van der Waals surface area contributed by atoms with Crippen molar-refractivity contribution >= 4 is 40.5 Å². The predicted molar refractivity (Wildman–Crippen MR) is 141 cm³/mol. The zero-order chi connectivity index (χ0) is 26.4. The van der Waals surface area contributed by atoms with E-state index in [1.54, 1.807) is 68.8 Å². The van der Waals surface area contributed by atoms with Gasteiger partial charge in [-0.05, 0) is 54.0 Å². The summed E-state index contributed by atoms with van der Waals surface area (Å²) in [4.78, 5) is 36.1. The van der Waals surface area contributed by atoms with Crippen LogP contribution in [-0.2, 0) is 20.7 Å². The quantitative estimate of drug-likeness (QED) is 0.237. The number of ether oxygens (including phenoxy) is 4. The summed E-state index contributed by atoms with van der Waals surface area (Å²) < 4.78 is 21.9. The van der Waals surface area contributed by atoms with Crippen molar-refractivity contribution in [3.63, 3.8) is 0 Å². The van der Waals surface area contributed by atoms with Crippen molar-refractivity contribution in [1.82, 2.24) is 5.32 Å². The van der Waals surface area contributed by atoms with Crippen molar-refractivity contribution in [3.05, 3.63) is 83.4 Å². The second kappa shape index (κ2) is 11.7. The van der Waals surface area contributed by atoms with Crippen LogP contribution in [0.4, 0.5) is 4.79 Å². The molecule has 0 aliphatic carbocycles.